The minimum Gasteiger partial charge on any atom is -0.497 e. The van der Waals surface area contributed by atoms with Gasteiger partial charge < -0.3 is 28.8 Å². The van der Waals surface area contributed by atoms with Crippen molar-refractivity contribution in [2.75, 3.05) is 34.0 Å². The topological polar surface area (TPSA) is 66.4 Å². The van der Waals surface area contributed by atoms with Crippen LogP contribution in [0.2, 0.25) is 0 Å². The van der Waals surface area contributed by atoms with Gasteiger partial charge in [0.2, 0.25) is 0 Å². The van der Waals surface area contributed by atoms with Crippen LogP contribution in [0.5, 0.6) is 11.5 Å². The van der Waals surface area contributed by atoms with Gasteiger partial charge in [0.05, 0.1) is 27.4 Å². The van der Waals surface area contributed by atoms with Crippen LogP contribution in [-0.2, 0) is 19.8 Å². The summed E-state index contributed by atoms with van der Waals surface area (Å²) in [5.74, 6) is 1.52. The van der Waals surface area contributed by atoms with Crippen LogP contribution in [0.3, 0.4) is 0 Å². The Morgan fingerprint density at radius 3 is 1.85 bits per heavy atom. The Bertz CT molecular complexity index is 972. The lowest BCUT2D eigenvalue weighted by Crippen LogP contribution is -2.40. The van der Waals surface area contributed by atoms with Crippen LogP contribution in [0, 0.1) is 0 Å². The maximum atomic E-state index is 10.8. The Morgan fingerprint density at radius 2 is 1.35 bits per heavy atom. The molecule has 6 nitrogen and oxygen atoms in total. The van der Waals surface area contributed by atoms with Gasteiger partial charge in [-0.05, 0) is 47.9 Å². The number of ether oxygens (including phenoxy) is 5. The van der Waals surface area contributed by atoms with Crippen LogP contribution < -0.4 is 9.47 Å². The summed E-state index contributed by atoms with van der Waals surface area (Å²) in [6, 6.07) is 25.8. The third-order valence-corrected chi connectivity index (χ3v) is 6.25. The lowest BCUT2D eigenvalue weighted by Gasteiger charge is -2.37. The summed E-state index contributed by atoms with van der Waals surface area (Å²) in [6.45, 7) is 2.94. The maximum Gasteiger partial charge on any atom is 0.143 e. The summed E-state index contributed by atoms with van der Waals surface area (Å²) in [5.41, 5.74) is 1.86. The molecule has 180 valence electrons. The summed E-state index contributed by atoms with van der Waals surface area (Å²) in [6.07, 6.45) is -1.62. The second kappa shape index (κ2) is 11.0. The number of rotatable bonds is 10. The van der Waals surface area contributed by atoms with Crippen molar-refractivity contribution in [2.45, 2.75) is 30.8 Å². The minimum atomic E-state index is -0.952. The fraction of sp³-hybridized carbons (Fsp3) is 0.357. The molecule has 0 aromatic heterocycles. The molecule has 1 saturated heterocycles. The van der Waals surface area contributed by atoms with E-state index in [1.165, 1.54) is 0 Å². The van der Waals surface area contributed by atoms with Crippen molar-refractivity contribution in [3.05, 3.63) is 95.6 Å². The van der Waals surface area contributed by atoms with Crippen LogP contribution in [0.4, 0.5) is 0 Å². The molecule has 6 heteroatoms. The molecule has 3 aromatic rings. The maximum absolute atomic E-state index is 10.8. The van der Waals surface area contributed by atoms with Crippen molar-refractivity contribution >= 4 is 0 Å². The molecule has 3 unspecified atom stereocenters. The van der Waals surface area contributed by atoms with E-state index in [4.69, 9.17) is 23.7 Å². The smallest absolute Gasteiger partial charge is 0.143 e. The number of aliphatic hydroxyl groups excluding tert-OH is 1. The van der Waals surface area contributed by atoms with Gasteiger partial charge >= 0.3 is 0 Å². The van der Waals surface area contributed by atoms with Crippen molar-refractivity contribution in [3.63, 3.8) is 0 Å². The van der Waals surface area contributed by atoms with Crippen LogP contribution in [0.1, 0.15) is 23.6 Å². The molecular formula is C28H32O6. The monoisotopic (exact) mass is 464 g/mol. The highest BCUT2D eigenvalue weighted by Gasteiger charge is 2.42. The second-order valence-corrected chi connectivity index (χ2v) is 8.17. The van der Waals surface area contributed by atoms with Crippen molar-refractivity contribution in [2.24, 2.45) is 0 Å². The Morgan fingerprint density at radius 1 is 0.824 bits per heavy atom. The molecule has 1 aliphatic rings. The SMILES string of the molecule is CCOC1COC(COC(c2ccccc2)(c2ccc(OC)cc2)c2ccc(OC)cc2)C1O. The third kappa shape index (κ3) is 4.81. The molecule has 3 aromatic carbocycles. The van der Waals surface area contributed by atoms with Gasteiger partial charge in [0.1, 0.15) is 35.4 Å². The first-order valence-electron chi connectivity index (χ1n) is 11.5. The van der Waals surface area contributed by atoms with Crippen molar-refractivity contribution in [1.82, 2.24) is 0 Å². The summed E-state index contributed by atoms with van der Waals surface area (Å²) < 4.78 is 29.1. The summed E-state index contributed by atoms with van der Waals surface area (Å²) in [7, 11) is 3.29. The third-order valence-electron chi connectivity index (χ3n) is 6.25. The van der Waals surface area contributed by atoms with E-state index < -0.39 is 17.8 Å². The Balaban J connectivity index is 1.78. The van der Waals surface area contributed by atoms with E-state index >= 15 is 0 Å². The number of benzene rings is 3. The highest BCUT2D eigenvalue weighted by atomic mass is 16.6. The molecular weight excluding hydrogens is 432 g/mol. The molecule has 0 amide bonds. The van der Waals surface area contributed by atoms with Crippen molar-refractivity contribution in [1.29, 1.82) is 0 Å². The van der Waals surface area contributed by atoms with Crippen LogP contribution >= 0.6 is 0 Å². The van der Waals surface area contributed by atoms with E-state index in [1.807, 2.05) is 85.8 Å². The number of methoxy groups -OCH3 is 2. The minimum absolute atomic E-state index is 0.178. The van der Waals surface area contributed by atoms with Gasteiger partial charge in [-0.1, -0.05) is 54.6 Å². The molecule has 0 spiro atoms. The zero-order valence-electron chi connectivity index (χ0n) is 19.8. The number of hydrogen-bond donors (Lipinski definition) is 1. The molecule has 1 N–H and O–H groups in total. The Hall–Kier alpha value is -2.90. The van der Waals surface area contributed by atoms with Crippen LogP contribution in [-0.4, -0.2) is 57.5 Å². The molecule has 0 aliphatic carbocycles. The second-order valence-electron chi connectivity index (χ2n) is 8.17. The molecule has 0 saturated carbocycles. The zero-order valence-corrected chi connectivity index (χ0v) is 19.8. The number of hydrogen-bond acceptors (Lipinski definition) is 6. The van der Waals surface area contributed by atoms with E-state index in [2.05, 4.69) is 0 Å². The van der Waals surface area contributed by atoms with E-state index in [1.54, 1.807) is 14.2 Å². The molecule has 1 heterocycles. The first-order valence-corrected chi connectivity index (χ1v) is 11.5. The van der Waals surface area contributed by atoms with Crippen molar-refractivity contribution in [3.8, 4) is 11.5 Å². The van der Waals surface area contributed by atoms with Gasteiger partial charge in [0.25, 0.3) is 0 Å². The highest BCUT2D eigenvalue weighted by molar-refractivity contribution is 5.49. The molecule has 0 bridgehead atoms. The fourth-order valence-electron chi connectivity index (χ4n) is 4.44. The van der Waals surface area contributed by atoms with Gasteiger partial charge in [-0.25, -0.2) is 0 Å². The van der Waals surface area contributed by atoms with Gasteiger partial charge in [0, 0.05) is 6.61 Å². The summed E-state index contributed by atoms with van der Waals surface area (Å²) in [4.78, 5) is 0. The average Bonchev–Trinajstić information content (AvgIpc) is 3.25. The van der Waals surface area contributed by atoms with E-state index in [-0.39, 0.29) is 12.7 Å². The Kier molecular flexibility index (Phi) is 7.85. The average molecular weight is 465 g/mol. The molecule has 4 rings (SSSR count). The lowest BCUT2D eigenvalue weighted by molar-refractivity contribution is -0.0752. The largest absolute Gasteiger partial charge is 0.497 e. The van der Waals surface area contributed by atoms with Crippen LogP contribution in [0.15, 0.2) is 78.9 Å². The predicted octanol–water partition coefficient (Wildman–Crippen LogP) is 4.18. The Labute approximate surface area is 201 Å². The van der Waals surface area contributed by atoms with Gasteiger partial charge in [0.15, 0.2) is 0 Å². The molecule has 0 radical (unpaired) electrons. The molecule has 3 atom stereocenters. The first kappa shape index (κ1) is 24.2. The van der Waals surface area contributed by atoms with Gasteiger partial charge in [-0.3, -0.25) is 0 Å². The van der Waals surface area contributed by atoms with E-state index in [0.29, 0.717) is 13.2 Å². The fourth-order valence-corrected chi connectivity index (χ4v) is 4.44. The summed E-state index contributed by atoms with van der Waals surface area (Å²) >= 11 is 0. The normalized spacial score (nSPS) is 20.3. The standard InChI is InChI=1S/C28H32O6/c1-4-32-25-18-33-26(27(25)29)19-34-28(20-8-6-5-7-9-20,21-10-14-23(30-2)15-11-21)22-12-16-24(31-3)17-13-22/h5-17,25-27,29H,4,18-19H2,1-3H3. The highest BCUT2D eigenvalue weighted by Crippen LogP contribution is 2.42. The first-order chi connectivity index (χ1) is 16.6. The molecule has 34 heavy (non-hydrogen) atoms. The van der Waals surface area contributed by atoms with E-state index in [9.17, 15) is 5.11 Å². The molecule has 1 aliphatic heterocycles. The number of aliphatic hydroxyl groups is 1. The van der Waals surface area contributed by atoms with Gasteiger partial charge in [-0.15, -0.1) is 0 Å². The van der Waals surface area contributed by atoms with Gasteiger partial charge in [-0.2, -0.15) is 0 Å². The zero-order chi connectivity index (χ0) is 24.0. The quantitative estimate of drug-likeness (QED) is 0.454. The lowest BCUT2D eigenvalue weighted by atomic mass is 9.80. The van der Waals surface area contributed by atoms with E-state index in [0.717, 1.165) is 28.2 Å². The molecule has 1 fully saturated rings. The van der Waals surface area contributed by atoms with Crippen LogP contribution in [0.25, 0.3) is 0 Å². The van der Waals surface area contributed by atoms with Crippen molar-refractivity contribution < 1.29 is 28.8 Å². The predicted molar refractivity (Wildman–Crippen MR) is 129 cm³/mol. The summed E-state index contributed by atoms with van der Waals surface area (Å²) in [5, 5.41) is 10.8.